The Labute approximate surface area is 142 Å². The third kappa shape index (κ3) is 4.13. The average molecular weight is 356 g/mol. The molecule has 0 unspecified atom stereocenters. The van der Waals surface area contributed by atoms with Crippen LogP contribution >= 0.6 is 0 Å². The molecule has 0 aliphatic carbocycles. The summed E-state index contributed by atoms with van der Waals surface area (Å²) in [6.07, 6.45) is 0.978. The first-order chi connectivity index (χ1) is 11.2. The van der Waals surface area contributed by atoms with Crippen LogP contribution in [-0.4, -0.2) is 56.7 Å². The Morgan fingerprint density at radius 2 is 2.21 bits per heavy atom. The minimum atomic E-state index is -3.85. The molecule has 1 aliphatic heterocycles. The molecule has 1 fully saturated rings. The van der Waals surface area contributed by atoms with Crippen LogP contribution in [0.15, 0.2) is 29.2 Å². The van der Waals surface area contributed by atoms with Crippen molar-refractivity contribution in [3.63, 3.8) is 0 Å². The molecule has 1 amide bonds. The summed E-state index contributed by atoms with van der Waals surface area (Å²) < 4.78 is 27.9. The Bertz CT molecular complexity index is 706. The van der Waals surface area contributed by atoms with E-state index in [9.17, 15) is 18.3 Å². The first-order valence-corrected chi connectivity index (χ1v) is 9.35. The summed E-state index contributed by atoms with van der Waals surface area (Å²) in [5, 5.41) is 15.8. The number of benzene rings is 1. The van der Waals surface area contributed by atoms with Crippen molar-refractivity contribution in [3.05, 3.63) is 29.8 Å². The second-order valence-corrected chi connectivity index (χ2v) is 7.88. The van der Waals surface area contributed by atoms with Gasteiger partial charge in [-0.2, -0.15) is 0 Å². The Balaban J connectivity index is 2.13. The van der Waals surface area contributed by atoms with E-state index in [2.05, 4.69) is 0 Å². The molecule has 0 bridgehead atoms. The summed E-state index contributed by atoms with van der Waals surface area (Å²) in [4.78, 5) is 14.2. The number of carbonyl (C=O) groups is 1. The zero-order valence-electron chi connectivity index (χ0n) is 13.9. The highest BCUT2D eigenvalue weighted by Gasteiger charge is 2.39. The van der Waals surface area contributed by atoms with Gasteiger partial charge in [0.1, 0.15) is 0 Å². The van der Waals surface area contributed by atoms with Crippen molar-refractivity contribution < 1.29 is 23.1 Å². The number of methoxy groups -OCH3 is 1. The molecule has 7 nitrogen and oxygen atoms in total. The number of hydrogen-bond acceptors (Lipinski definition) is 5. The molecule has 1 aromatic carbocycles. The number of piperidine rings is 1. The number of ether oxygens (including phenoxy) is 1. The molecule has 2 rings (SSSR count). The van der Waals surface area contributed by atoms with E-state index in [0.717, 1.165) is 0 Å². The lowest BCUT2D eigenvalue weighted by Crippen LogP contribution is -2.52. The van der Waals surface area contributed by atoms with Crippen LogP contribution in [0.25, 0.3) is 0 Å². The molecular formula is C16H24N2O5S. The topological polar surface area (TPSA) is 110 Å². The molecule has 1 aliphatic rings. The van der Waals surface area contributed by atoms with E-state index in [0.29, 0.717) is 32.5 Å². The number of nitrogens with two attached hydrogens (primary N) is 1. The van der Waals surface area contributed by atoms with E-state index in [-0.39, 0.29) is 22.3 Å². The van der Waals surface area contributed by atoms with Gasteiger partial charge in [-0.1, -0.05) is 13.0 Å². The lowest BCUT2D eigenvalue weighted by atomic mass is 9.79. The fourth-order valence-electron chi connectivity index (χ4n) is 2.99. The van der Waals surface area contributed by atoms with Gasteiger partial charge in [-0.15, -0.1) is 0 Å². The quantitative estimate of drug-likeness (QED) is 0.802. The summed E-state index contributed by atoms with van der Waals surface area (Å²) >= 11 is 0. The van der Waals surface area contributed by atoms with Crippen LogP contribution in [-0.2, 0) is 14.8 Å². The lowest BCUT2D eigenvalue weighted by molar-refractivity contribution is -0.0750. The van der Waals surface area contributed by atoms with Gasteiger partial charge in [-0.05, 0) is 31.0 Å². The third-order valence-electron chi connectivity index (χ3n) is 4.66. The Morgan fingerprint density at radius 1 is 1.50 bits per heavy atom. The second kappa shape index (κ2) is 7.18. The number of likely N-dealkylation sites (tertiary alicyclic amines) is 1. The van der Waals surface area contributed by atoms with Crippen LogP contribution in [0.4, 0.5) is 0 Å². The molecule has 0 radical (unpaired) electrons. The standard InChI is InChI=1S/C16H24N2O5S/c1-12-11-18(8-6-16(12,20)7-9-23-2)15(19)13-4-3-5-14(10-13)24(17,21)22/h3-5,10,12,20H,6-9,11H2,1-2H3,(H2,17,21,22)/t12-,16-/m0/s1. The zero-order chi connectivity index (χ0) is 18.0. The smallest absolute Gasteiger partial charge is 0.253 e. The van der Waals surface area contributed by atoms with Gasteiger partial charge in [0.25, 0.3) is 5.91 Å². The fourth-order valence-corrected chi connectivity index (χ4v) is 3.55. The van der Waals surface area contributed by atoms with Crippen molar-refractivity contribution in [2.24, 2.45) is 11.1 Å². The largest absolute Gasteiger partial charge is 0.389 e. The average Bonchev–Trinajstić information content (AvgIpc) is 2.54. The molecule has 8 heteroatoms. The van der Waals surface area contributed by atoms with Crippen molar-refractivity contribution >= 4 is 15.9 Å². The monoisotopic (exact) mass is 356 g/mol. The highest BCUT2D eigenvalue weighted by atomic mass is 32.2. The maximum absolute atomic E-state index is 12.6. The van der Waals surface area contributed by atoms with E-state index < -0.39 is 15.6 Å². The number of primary sulfonamides is 1. The van der Waals surface area contributed by atoms with Crippen molar-refractivity contribution in [1.82, 2.24) is 4.90 Å². The van der Waals surface area contributed by atoms with E-state index in [4.69, 9.17) is 9.88 Å². The molecule has 24 heavy (non-hydrogen) atoms. The number of nitrogens with zero attached hydrogens (tertiary/aromatic N) is 1. The maximum atomic E-state index is 12.6. The Kier molecular flexibility index (Phi) is 5.64. The fraction of sp³-hybridized carbons (Fsp3) is 0.562. The van der Waals surface area contributed by atoms with Crippen LogP contribution < -0.4 is 5.14 Å². The molecule has 134 valence electrons. The van der Waals surface area contributed by atoms with Crippen molar-refractivity contribution in [2.75, 3.05) is 26.8 Å². The van der Waals surface area contributed by atoms with E-state index in [1.807, 2.05) is 6.92 Å². The van der Waals surface area contributed by atoms with Crippen LogP contribution in [0.1, 0.15) is 30.1 Å². The highest BCUT2D eigenvalue weighted by Crippen LogP contribution is 2.31. The molecule has 2 atom stereocenters. The van der Waals surface area contributed by atoms with Gasteiger partial charge in [-0.3, -0.25) is 4.79 Å². The van der Waals surface area contributed by atoms with Crippen LogP contribution in [0.3, 0.4) is 0 Å². The molecule has 1 saturated heterocycles. The number of amides is 1. The van der Waals surface area contributed by atoms with Crippen LogP contribution in [0, 0.1) is 5.92 Å². The predicted molar refractivity (Wildman–Crippen MR) is 88.9 cm³/mol. The summed E-state index contributed by atoms with van der Waals surface area (Å²) in [6.45, 7) is 3.17. The van der Waals surface area contributed by atoms with Gasteiger partial charge in [0, 0.05) is 38.3 Å². The van der Waals surface area contributed by atoms with Crippen molar-refractivity contribution in [3.8, 4) is 0 Å². The van der Waals surface area contributed by atoms with Gasteiger partial charge >= 0.3 is 0 Å². The molecule has 1 aromatic rings. The Hall–Kier alpha value is -1.48. The highest BCUT2D eigenvalue weighted by molar-refractivity contribution is 7.89. The number of hydrogen-bond donors (Lipinski definition) is 2. The molecule has 3 N–H and O–H groups in total. The van der Waals surface area contributed by atoms with Gasteiger partial charge in [0.15, 0.2) is 0 Å². The molecule has 0 spiro atoms. The Morgan fingerprint density at radius 3 is 2.79 bits per heavy atom. The summed E-state index contributed by atoms with van der Waals surface area (Å²) in [5.41, 5.74) is -0.578. The maximum Gasteiger partial charge on any atom is 0.253 e. The minimum Gasteiger partial charge on any atom is -0.389 e. The van der Waals surface area contributed by atoms with Gasteiger partial charge in [-0.25, -0.2) is 13.6 Å². The number of carbonyl (C=O) groups excluding carboxylic acids is 1. The minimum absolute atomic E-state index is 0.0880. The van der Waals surface area contributed by atoms with Crippen LogP contribution in [0.5, 0.6) is 0 Å². The van der Waals surface area contributed by atoms with E-state index >= 15 is 0 Å². The van der Waals surface area contributed by atoms with Gasteiger partial charge in [0.2, 0.25) is 10.0 Å². The predicted octanol–water partition coefficient (Wildman–Crippen LogP) is 0.584. The molecule has 0 saturated carbocycles. The first-order valence-electron chi connectivity index (χ1n) is 7.81. The van der Waals surface area contributed by atoms with Crippen LogP contribution in [0.2, 0.25) is 0 Å². The number of sulfonamides is 1. The van der Waals surface area contributed by atoms with Gasteiger partial charge < -0.3 is 14.7 Å². The molecule has 0 aromatic heterocycles. The van der Waals surface area contributed by atoms with Gasteiger partial charge in [0.05, 0.1) is 10.5 Å². The summed E-state index contributed by atoms with van der Waals surface area (Å²) in [7, 11) is -2.27. The van der Waals surface area contributed by atoms with Crippen molar-refractivity contribution in [2.45, 2.75) is 30.3 Å². The summed E-state index contributed by atoms with van der Waals surface area (Å²) in [5.74, 6) is -0.368. The zero-order valence-corrected chi connectivity index (χ0v) is 14.8. The molecular weight excluding hydrogens is 332 g/mol. The second-order valence-electron chi connectivity index (χ2n) is 6.32. The SMILES string of the molecule is COCC[C@@]1(O)CCN(C(=O)c2cccc(S(N)(=O)=O)c2)C[C@@H]1C. The summed E-state index contributed by atoms with van der Waals surface area (Å²) in [6, 6.07) is 5.70. The van der Waals surface area contributed by atoms with E-state index in [1.54, 1.807) is 18.1 Å². The normalized spacial score (nSPS) is 24.8. The van der Waals surface area contributed by atoms with Crippen molar-refractivity contribution in [1.29, 1.82) is 0 Å². The van der Waals surface area contributed by atoms with E-state index in [1.165, 1.54) is 18.2 Å². The first kappa shape index (κ1) is 18.9. The molecule has 1 heterocycles. The number of rotatable bonds is 5. The third-order valence-corrected chi connectivity index (χ3v) is 5.57. The lowest BCUT2D eigenvalue weighted by Gasteiger charge is -2.43. The number of aliphatic hydroxyl groups is 1.